The molecule has 55 heavy (non-hydrogen) atoms. The Morgan fingerprint density at radius 1 is 0.436 bits per heavy atom. The van der Waals surface area contributed by atoms with Crippen LogP contribution in [0.25, 0.3) is 109 Å². The zero-order chi connectivity index (χ0) is 36.6. The predicted molar refractivity (Wildman–Crippen MR) is 229 cm³/mol. The standard InChI is InChI=1S/C52H29N3/c1-54-47-30-49-45(29-46(47)51-38-20-11-9-18-35(38)24-26-40(51)33-15-6-3-7-16-33)42-22-12-21-41-44-28-43(36(31-53)27-48(44)55(49)52(41)42)50-37-19-10-8-17-34(37)23-25-39(50)32-13-4-2-5-14-32/h2-30H. The fraction of sp³-hybridized carbons (Fsp3) is 0. The van der Waals surface area contributed by atoms with Gasteiger partial charge in [0.05, 0.1) is 29.2 Å². The summed E-state index contributed by atoms with van der Waals surface area (Å²) in [6.45, 7) is 8.53. The second kappa shape index (κ2) is 11.9. The molecule has 0 fully saturated rings. The minimum absolute atomic E-state index is 0.593. The maximum atomic E-state index is 10.9. The van der Waals surface area contributed by atoms with E-state index in [1.165, 1.54) is 0 Å². The van der Waals surface area contributed by atoms with Gasteiger partial charge in [0.2, 0.25) is 0 Å². The van der Waals surface area contributed by atoms with E-state index in [4.69, 9.17) is 6.57 Å². The van der Waals surface area contributed by atoms with E-state index in [-0.39, 0.29) is 0 Å². The van der Waals surface area contributed by atoms with Crippen LogP contribution in [-0.2, 0) is 0 Å². The van der Waals surface area contributed by atoms with Gasteiger partial charge in [-0.3, -0.25) is 0 Å². The zero-order valence-electron chi connectivity index (χ0n) is 29.6. The maximum absolute atomic E-state index is 10.9. The van der Waals surface area contributed by atoms with E-state index in [1.807, 2.05) is 12.1 Å². The van der Waals surface area contributed by atoms with Gasteiger partial charge in [0.1, 0.15) is 0 Å². The third-order valence-electron chi connectivity index (χ3n) is 11.4. The summed E-state index contributed by atoms with van der Waals surface area (Å²) in [5, 5.41) is 19.8. The lowest BCUT2D eigenvalue weighted by atomic mass is 9.87. The first-order chi connectivity index (χ1) is 27.2. The monoisotopic (exact) mass is 695 g/mol. The molecule has 11 aromatic rings. The van der Waals surface area contributed by atoms with Gasteiger partial charge in [0, 0.05) is 32.6 Å². The van der Waals surface area contributed by atoms with Gasteiger partial charge in [0.15, 0.2) is 5.69 Å². The van der Waals surface area contributed by atoms with Crippen LogP contribution < -0.4 is 0 Å². The van der Waals surface area contributed by atoms with Gasteiger partial charge in [0.25, 0.3) is 0 Å². The highest BCUT2D eigenvalue weighted by atomic mass is 14.9. The molecule has 11 rings (SSSR count). The number of benzene rings is 9. The number of fused-ring (bicyclic) bond motifs is 8. The third-order valence-corrected chi connectivity index (χ3v) is 11.4. The molecule has 0 aliphatic rings. The van der Waals surface area contributed by atoms with Crippen LogP contribution in [0.3, 0.4) is 0 Å². The lowest BCUT2D eigenvalue weighted by Crippen LogP contribution is -1.92. The van der Waals surface area contributed by atoms with E-state index < -0.39 is 0 Å². The van der Waals surface area contributed by atoms with Crippen molar-refractivity contribution >= 4 is 65.3 Å². The Bertz CT molecular complexity index is 3210. The summed E-state index contributed by atoms with van der Waals surface area (Å²) < 4.78 is 2.28. The lowest BCUT2D eigenvalue weighted by molar-refractivity contribution is 1.37. The Labute approximate surface area is 317 Å². The quantitative estimate of drug-likeness (QED) is 0.169. The molecule has 3 nitrogen and oxygen atoms in total. The molecule has 0 radical (unpaired) electrons. The van der Waals surface area contributed by atoms with Gasteiger partial charge in [-0.15, -0.1) is 0 Å². The molecule has 0 amide bonds. The Kier molecular flexibility index (Phi) is 6.68. The highest BCUT2D eigenvalue weighted by molar-refractivity contribution is 6.25. The first-order valence-corrected chi connectivity index (χ1v) is 18.4. The number of para-hydroxylation sites is 1. The summed E-state index contributed by atoms with van der Waals surface area (Å²) in [7, 11) is 0. The molecule has 0 N–H and O–H groups in total. The van der Waals surface area contributed by atoms with Crippen LogP contribution in [0.1, 0.15) is 5.56 Å². The molecule has 0 aliphatic carbocycles. The summed E-state index contributed by atoms with van der Waals surface area (Å²) in [5.74, 6) is 0. The lowest BCUT2D eigenvalue weighted by Gasteiger charge is -2.16. The van der Waals surface area contributed by atoms with Gasteiger partial charge in [-0.25, -0.2) is 4.85 Å². The Morgan fingerprint density at radius 2 is 0.927 bits per heavy atom. The average molecular weight is 696 g/mol. The molecule has 9 aromatic carbocycles. The number of hydrogen-bond donors (Lipinski definition) is 0. The number of aromatic nitrogens is 1. The molecule has 0 unspecified atom stereocenters. The van der Waals surface area contributed by atoms with Crippen molar-refractivity contribution in [2.45, 2.75) is 0 Å². The Balaban J connectivity index is 1.22. The second-order valence-corrected chi connectivity index (χ2v) is 14.2. The number of hydrogen-bond acceptors (Lipinski definition) is 1. The fourth-order valence-corrected chi connectivity index (χ4v) is 8.99. The van der Waals surface area contributed by atoms with Crippen molar-refractivity contribution in [3.63, 3.8) is 0 Å². The number of rotatable bonds is 4. The summed E-state index contributed by atoms with van der Waals surface area (Å²) in [6.07, 6.45) is 0. The summed E-state index contributed by atoms with van der Waals surface area (Å²) in [4.78, 5) is 4.20. The van der Waals surface area contributed by atoms with Crippen molar-refractivity contribution in [2.24, 2.45) is 0 Å². The first-order valence-electron chi connectivity index (χ1n) is 18.4. The molecule has 0 bridgehead atoms. The minimum atomic E-state index is 0.593. The highest BCUT2D eigenvalue weighted by Crippen LogP contribution is 2.49. The molecule has 2 aromatic heterocycles. The molecule has 252 valence electrons. The van der Waals surface area contributed by atoms with Crippen LogP contribution in [0.4, 0.5) is 5.69 Å². The fourth-order valence-electron chi connectivity index (χ4n) is 8.99. The van der Waals surface area contributed by atoms with Crippen molar-refractivity contribution in [1.29, 1.82) is 5.26 Å². The normalized spacial score (nSPS) is 11.6. The summed E-state index contributed by atoms with van der Waals surface area (Å²) in [5.41, 5.74) is 12.6. The van der Waals surface area contributed by atoms with E-state index in [0.29, 0.717) is 11.3 Å². The van der Waals surface area contributed by atoms with E-state index in [2.05, 4.69) is 179 Å². The van der Waals surface area contributed by atoms with Crippen molar-refractivity contribution in [1.82, 2.24) is 4.40 Å². The van der Waals surface area contributed by atoms with Crippen LogP contribution in [0.15, 0.2) is 176 Å². The van der Waals surface area contributed by atoms with Gasteiger partial charge in [-0.1, -0.05) is 158 Å². The van der Waals surface area contributed by atoms with Gasteiger partial charge in [-0.2, -0.15) is 5.26 Å². The molecular formula is C52H29N3. The van der Waals surface area contributed by atoms with Gasteiger partial charge in [-0.05, 0) is 78.7 Å². The van der Waals surface area contributed by atoms with Crippen LogP contribution in [0.2, 0.25) is 0 Å². The Hall–Kier alpha value is -7.72. The topological polar surface area (TPSA) is 32.6 Å². The average Bonchev–Trinajstić information content (AvgIpc) is 3.76. The van der Waals surface area contributed by atoms with E-state index in [1.54, 1.807) is 0 Å². The number of nitrogens with zero attached hydrogens (tertiary/aromatic N) is 3. The van der Waals surface area contributed by atoms with E-state index >= 15 is 0 Å². The molecule has 0 atom stereocenters. The van der Waals surface area contributed by atoms with Gasteiger partial charge < -0.3 is 4.40 Å². The first kappa shape index (κ1) is 30.9. The van der Waals surface area contributed by atoms with Crippen LogP contribution in [0, 0.1) is 17.9 Å². The van der Waals surface area contributed by atoms with Crippen LogP contribution in [-0.4, -0.2) is 4.40 Å². The van der Waals surface area contributed by atoms with Crippen LogP contribution >= 0.6 is 0 Å². The van der Waals surface area contributed by atoms with Crippen molar-refractivity contribution in [3.05, 3.63) is 193 Å². The summed E-state index contributed by atoms with van der Waals surface area (Å²) in [6, 6.07) is 64.1. The summed E-state index contributed by atoms with van der Waals surface area (Å²) >= 11 is 0. The third kappa shape index (κ3) is 4.48. The number of nitriles is 1. The molecular weight excluding hydrogens is 667 g/mol. The largest absolute Gasteiger partial charge is 0.309 e. The molecule has 0 saturated carbocycles. The minimum Gasteiger partial charge on any atom is -0.309 e. The smallest absolute Gasteiger partial charge is 0.197 e. The second-order valence-electron chi connectivity index (χ2n) is 14.2. The van der Waals surface area contributed by atoms with E-state index in [0.717, 1.165) is 104 Å². The van der Waals surface area contributed by atoms with Crippen molar-refractivity contribution in [3.8, 4) is 50.6 Å². The predicted octanol–water partition coefficient (Wildman–Crippen LogP) is 14.2. The molecule has 3 heteroatoms. The molecule has 0 spiro atoms. The van der Waals surface area contributed by atoms with Crippen molar-refractivity contribution < 1.29 is 0 Å². The molecule has 2 heterocycles. The van der Waals surface area contributed by atoms with Gasteiger partial charge >= 0.3 is 0 Å². The zero-order valence-corrected chi connectivity index (χ0v) is 29.6. The van der Waals surface area contributed by atoms with Crippen LogP contribution in [0.5, 0.6) is 0 Å². The van der Waals surface area contributed by atoms with Crippen molar-refractivity contribution in [2.75, 3.05) is 0 Å². The molecule has 0 saturated heterocycles. The maximum Gasteiger partial charge on any atom is 0.197 e. The Morgan fingerprint density at radius 3 is 1.49 bits per heavy atom. The SMILES string of the molecule is [C-]#[N+]c1cc2c(cc1-c1c(-c3ccccc3)ccc3ccccc13)c1cccc3c4cc(-c5c(-c6ccccc6)ccc6ccccc56)c(C#N)cc4n2c31. The highest BCUT2D eigenvalue weighted by Gasteiger charge is 2.24. The van der Waals surface area contributed by atoms with E-state index in [9.17, 15) is 5.26 Å². The molecule has 0 aliphatic heterocycles.